The molecular weight excluding hydrogens is 262 g/mol. The maximum absolute atomic E-state index is 3.62. The highest BCUT2D eigenvalue weighted by atomic mass is 79.9. The van der Waals surface area contributed by atoms with E-state index in [1.54, 1.807) is 0 Å². The second-order valence-electron chi connectivity index (χ2n) is 5.81. The minimum absolute atomic E-state index is 0.219. The van der Waals surface area contributed by atoms with Crippen molar-refractivity contribution in [2.45, 2.75) is 53.5 Å². The van der Waals surface area contributed by atoms with Gasteiger partial charge in [0.15, 0.2) is 0 Å². The number of aromatic nitrogens is 1. The monoisotopic (exact) mass is 285 g/mol. The Hall–Kier alpha value is -0.240. The first-order valence-corrected chi connectivity index (χ1v) is 7.15. The molecule has 0 aliphatic heterocycles. The molecule has 92 valence electrons. The van der Waals surface area contributed by atoms with Crippen LogP contribution in [0, 0.1) is 19.8 Å². The van der Waals surface area contributed by atoms with Gasteiger partial charge in [-0.3, -0.25) is 0 Å². The Kier molecular flexibility index (Phi) is 4.28. The summed E-state index contributed by atoms with van der Waals surface area (Å²) >= 11 is 3.62. The normalized spacial score (nSPS) is 12.5. The number of hydrogen-bond acceptors (Lipinski definition) is 0. The smallest absolute Gasteiger partial charge is 0.0247 e. The molecule has 1 rings (SSSR count). The molecule has 0 aliphatic rings. The Balaban J connectivity index is 3.16. The van der Waals surface area contributed by atoms with Gasteiger partial charge in [0.05, 0.1) is 0 Å². The maximum atomic E-state index is 3.62. The molecule has 1 aromatic heterocycles. The predicted molar refractivity (Wildman–Crippen MR) is 75.6 cm³/mol. The average molecular weight is 286 g/mol. The predicted octanol–water partition coefficient (Wildman–Crippen LogP) is 4.43. The third kappa shape index (κ3) is 2.71. The fraction of sp³-hybridized carbons (Fsp3) is 0.714. The van der Waals surface area contributed by atoms with Gasteiger partial charge < -0.3 is 4.57 Å². The number of aryl methyl sites for hydroxylation is 1. The van der Waals surface area contributed by atoms with E-state index in [0.717, 1.165) is 11.9 Å². The van der Waals surface area contributed by atoms with Crippen LogP contribution in [0.5, 0.6) is 0 Å². The van der Waals surface area contributed by atoms with E-state index in [9.17, 15) is 0 Å². The number of halogens is 1. The van der Waals surface area contributed by atoms with Gasteiger partial charge in [-0.2, -0.15) is 0 Å². The molecule has 1 heterocycles. The van der Waals surface area contributed by atoms with Crippen molar-refractivity contribution in [3.8, 4) is 0 Å². The molecule has 0 aliphatic carbocycles. The molecule has 0 fully saturated rings. The number of hydrogen-bond donors (Lipinski definition) is 0. The summed E-state index contributed by atoms with van der Waals surface area (Å²) in [6, 6.07) is 2.35. The summed E-state index contributed by atoms with van der Waals surface area (Å²) in [5.74, 6) is 0.699. The summed E-state index contributed by atoms with van der Waals surface area (Å²) in [4.78, 5) is 0. The van der Waals surface area contributed by atoms with Gasteiger partial charge in [-0.15, -0.1) is 0 Å². The summed E-state index contributed by atoms with van der Waals surface area (Å²) < 4.78 is 2.45. The van der Waals surface area contributed by atoms with Gasteiger partial charge in [0.2, 0.25) is 0 Å². The molecular formula is C14H24BrN. The van der Waals surface area contributed by atoms with Crippen molar-refractivity contribution in [2.75, 3.05) is 5.33 Å². The van der Waals surface area contributed by atoms with E-state index in [4.69, 9.17) is 0 Å². The Morgan fingerprint density at radius 2 is 1.88 bits per heavy atom. The number of rotatable bonds is 4. The largest absolute Gasteiger partial charge is 0.349 e. The molecule has 1 nitrogen and oxygen atoms in total. The van der Waals surface area contributed by atoms with E-state index in [1.807, 2.05) is 0 Å². The van der Waals surface area contributed by atoms with Gasteiger partial charge in [0, 0.05) is 28.7 Å². The van der Waals surface area contributed by atoms with E-state index in [2.05, 4.69) is 68.1 Å². The van der Waals surface area contributed by atoms with Crippen molar-refractivity contribution in [1.82, 2.24) is 4.57 Å². The summed E-state index contributed by atoms with van der Waals surface area (Å²) in [5, 5.41) is 1.01. The van der Waals surface area contributed by atoms with Crippen molar-refractivity contribution >= 4 is 15.9 Å². The van der Waals surface area contributed by atoms with Gasteiger partial charge in [-0.1, -0.05) is 43.6 Å². The molecule has 16 heavy (non-hydrogen) atoms. The van der Waals surface area contributed by atoms with Crippen LogP contribution < -0.4 is 0 Å². The van der Waals surface area contributed by atoms with Crippen LogP contribution in [0.15, 0.2) is 6.07 Å². The molecule has 0 atom stereocenters. The second-order valence-corrected chi connectivity index (χ2v) is 6.37. The lowest BCUT2D eigenvalue weighted by atomic mass is 9.87. The van der Waals surface area contributed by atoms with Crippen molar-refractivity contribution in [3.63, 3.8) is 0 Å². The molecule has 1 aromatic rings. The molecule has 0 N–H and O–H groups in total. The van der Waals surface area contributed by atoms with Gasteiger partial charge in [-0.25, -0.2) is 0 Å². The van der Waals surface area contributed by atoms with E-state index in [0.29, 0.717) is 5.92 Å². The van der Waals surface area contributed by atoms with Crippen molar-refractivity contribution in [3.05, 3.63) is 23.0 Å². The van der Waals surface area contributed by atoms with E-state index in [-0.39, 0.29) is 5.41 Å². The molecule has 0 aromatic carbocycles. The number of alkyl halides is 1. The second kappa shape index (κ2) is 4.95. The molecule has 0 radical (unpaired) electrons. The van der Waals surface area contributed by atoms with E-state index >= 15 is 0 Å². The minimum atomic E-state index is 0.219. The molecule has 0 saturated carbocycles. The van der Waals surface area contributed by atoms with Crippen LogP contribution in [0.25, 0.3) is 0 Å². The van der Waals surface area contributed by atoms with E-state index in [1.165, 1.54) is 17.0 Å². The summed E-state index contributed by atoms with van der Waals surface area (Å²) in [7, 11) is 0. The lowest BCUT2D eigenvalue weighted by Gasteiger charge is -2.22. The van der Waals surface area contributed by atoms with E-state index < -0.39 is 0 Å². The standard InChI is InChI=1S/C14H24BrN/c1-10(2)8-16-11(3)7-13(12(16)4)14(5,6)9-15/h7,10H,8-9H2,1-6H3. The lowest BCUT2D eigenvalue weighted by Crippen LogP contribution is -2.20. The summed E-state index contributed by atoms with van der Waals surface area (Å²) in [5.41, 5.74) is 4.50. The number of nitrogens with zero attached hydrogens (tertiary/aromatic N) is 1. The first kappa shape index (κ1) is 13.8. The Labute approximate surface area is 108 Å². The molecule has 0 spiro atoms. The SMILES string of the molecule is Cc1cc(C(C)(C)CBr)c(C)n1CC(C)C. The molecule has 2 heteroatoms. The van der Waals surface area contributed by atoms with Crippen LogP contribution in [0.3, 0.4) is 0 Å². The zero-order valence-corrected chi connectivity index (χ0v) is 13.0. The average Bonchev–Trinajstić information content (AvgIpc) is 2.46. The van der Waals surface area contributed by atoms with Crippen LogP contribution in [0.4, 0.5) is 0 Å². The molecule has 0 unspecified atom stereocenters. The molecule has 0 bridgehead atoms. The fourth-order valence-electron chi connectivity index (χ4n) is 2.20. The van der Waals surface area contributed by atoms with Crippen LogP contribution in [-0.2, 0) is 12.0 Å². The van der Waals surface area contributed by atoms with Crippen LogP contribution >= 0.6 is 15.9 Å². The maximum Gasteiger partial charge on any atom is 0.0247 e. The van der Waals surface area contributed by atoms with Gasteiger partial charge in [0.25, 0.3) is 0 Å². The van der Waals surface area contributed by atoms with Crippen molar-refractivity contribution in [2.24, 2.45) is 5.92 Å². The third-order valence-corrected chi connectivity index (χ3v) is 4.59. The van der Waals surface area contributed by atoms with Crippen LogP contribution in [-0.4, -0.2) is 9.90 Å². The molecule has 0 saturated heterocycles. The van der Waals surface area contributed by atoms with Gasteiger partial charge in [-0.05, 0) is 31.4 Å². The first-order chi connectivity index (χ1) is 7.29. The summed E-state index contributed by atoms with van der Waals surface area (Å²) in [6.07, 6.45) is 0. The fourth-order valence-corrected chi connectivity index (χ4v) is 2.51. The Morgan fingerprint density at radius 1 is 1.31 bits per heavy atom. The van der Waals surface area contributed by atoms with Crippen LogP contribution in [0.1, 0.15) is 44.6 Å². The zero-order valence-electron chi connectivity index (χ0n) is 11.4. The van der Waals surface area contributed by atoms with Crippen molar-refractivity contribution in [1.29, 1.82) is 0 Å². The topological polar surface area (TPSA) is 4.93 Å². The van der Waals surface area contributed by atoms with Gasteiger partial charge >= 0.3 is 0 Å². The Bertz CT molecular complexity index is 361. The van der Waals surface area contributed by atoms with Crippen LogP contribution in [0.2, 0.25) is 0 Å². The third-order valence-electron chi connectivity index (χ3n) is 3.18. The quantitative estimate of drug-likeness (QED) is 0.721. The Morgan fingerprint density at radius 3 is 2.31 bits per heavy atom. The highest BCUT2D eigenvalue weighted by Gasteiger charge is 2.24. The highest BCUT2D eigenvalue weighted by molar-refractivity contribution is 9.09. The highest BCUT2D eigenvalue weighted by Crippen LogP contribution is 2.30. The van der Waals surface area contributed by atoms with Gasteiger partial charge in [0.1, 0.15) is 0 Å². The lowest BCUT2D eigenvalue weighted by molar-refractivity contribution is 0.504. The first-order valence-electron chi connectivity index (χ1n) is 6.02. The minimum Gasteiger partial charge on any atom is -0.349 e. The summed E-state index contributed by atoms with van der Waals surface area (Å²) in [6.45, 7) is 14.7. The van der Waals surface area contributed by atoms with Crippen molar-refractivity contribution < 1.29 is 0 Å². The molecule has 0 amide bonds. The zero-order chi connectivity index (χ0) is 12.5.